The summed E-state index contributed by atoms with van der Waals surface area (Å²) in [6.07, 6.45) is 2.30. The molecular weight excluding hydrogens is 398 g/mol. The van der Waals surface area contributed by atoms with E-state index in [1.54, 1.807) is 0 Å². The summed E-state index contributed by atoms with van der Waals surface area (Å²) in [7, 11) is 0. The molecule has 1 aliphatic heterocycles. The highest BCUT2D eigenvalue weighted by atomic mass is 35.5. The fraction of sp³-hybridized carbons (Fsp3) is 0.333. The number of aromatic amines is 1. The van der Waals surface area contributed by atoms with Crippen molar-refractivity contribution in [3.05, 3.63) is 70.9 Å². The summed E-state index contributed by atoms with van der Waals surface area (Å²) in [4.78, 5) is 30.8. The van der Waals surface area contributed by atoms with Gasteiger partial charge in [0, 0.05) is 35.1 Å². The van der Waals surface area contributed by atoms with Gasteiger partial charge in [-0.1, -0.05) is 54.9 Å². The number of halogens is 1. The molecule has 1 aliphatic rings. The number of hydrogen-bond acceptors (Lipinski definition) is 2. The molecule has 4 rings (SSSR count). The molecule has 0 radical (unpaired) electrons. The molecule has 0 aliphatic carbocycles. The SMILES string of the molecule is CCC(C(=O)N1CCC(NC(=O)c2cc3ccc(Cl)cc3[nH]2)CC1)c1ccccc1. The Balaban J connectivity index is 1.34. The zero-order chi connectivity index (χ0) is 21.1. The van der Waals surface area contributed by atoms with Crippen molar-refractivity contribution in [2.24, 2.45) is 0 Å². The minimum absolute atomic E-state index is 0.0633. The molecule has 1 aromatic heterocycles. The molecule has 0 bridgehead atoms. The molecule has 6 heteroatoms. The standard InChI is InChI=1S/C24H26ClN3O2/c1-2-20(16-6-4-3-5-7-16)24(30)28-12-10-19(11-13-28)26-23(29)22-14-17-8-9-18(25)15-21(17)27-22/h3-9,14-15,19-20,27H,2,10-13H2,1H3,(H,26,29). The Morgan fingerprint density at radius 3 is 2.57 bits per heavy atom. The number of piperidine rings is 1. The summed E-state index contributed by atoms with van der Waals surface area (Å²) in [5.41, 5.74) is 2.44. The first kappa shape index (κ1) is 20.5. The second kappa shape index (κ2) is 8.92. The summed E-state index contributed by atoms with van der Waals surface area (Å²) >= 11 is 6.02. The number of rotatable bonds is 5. The number of carbonyl (C=O) groups excluding carboxylic acids is 2. The third-order valence-electron chi connectivity index (χ3n) is 5.88. The lowest BCUT2D eigenvalue weighted by molar-refractivity contribution is -0.134. The summed E-state index contributed by atoms with van der Waals surface area (Å²) in [6.45, 7) is 3.38. The quantitative estimate of drug-likeness (QED) is 0.622. The maximum atomic E-state index is 13.0. The zero-order valence-corrected chi connectivity index (χ0v) is 17.8. The Kier molecular flexibility index (Phi) is 6.09. The van der Waals surface area contributed by atoms with Crippen molar-refractivity contribution in [1.82, 2.24) is 15.2 Å². The fourth-order valence-electron chi connectivity index (χ4n) is 4.19. The topological polar surface area (TPSA) is 65.2 Å². The van der Waals surface area contributed by atoms with Crippen LogP contribution in [0.15, 0.2) is 54.6 Å². The van der Waals surface area contributed by atoms with Gasteiger partial charge in [-0.25, -0.2) is 0 Å². The molecule has 2 amide bonds. The molecule has 1 unspecified atom stereocenters. The maximum Gasteiger partial charge on any atom is 0.267 e. The summed E-state index contributed by atoms with van der Waals surface area (Å²) in [6, 6.07) is 17.4. The van der Waals surface area contributed by atoms with Gasteiger partial charge in [0.2, 0.25) is 5.91 Å². The Bertz CT molecular complexity index is 1040. The van der Waals surface area contributed by atoms with Crippen LogP contribution >= 0.6 is 11.6 Å². The minimum atomic E-state index is -0.122. The van der Waals surface area contributed by atoms with Crippen molar-refractivity contribution in [3.63, 3.8) is 0 Å². The Morgan fingerprint density at radius 1 is 1.13 bits per heavy atom. The zero-order valence-electron chi connectivity index (χ0n) is 17.0. The lowest BCUT2D eigenvalue weighted by atomic mass is 9.93. The van der Waals surface area contributed by atoms with E-state index in [2.05, 4.69) is 17.2 Å². The number of nitrogens with one attached hydrogen (secondary N) is 2. The van der Waals surface area contributed by atoms with Gasteiger partial charge in [-0.15, -0.1) is 0 Å². The van der Waals surface area contributed by atoms with Gasteiger partial charge in [-0.2, -0.15) is 0 Å². The second-order valence-electron chi connectivity index (χ2n) is 7.86. The van der Waals surface area contributed by atoms with Crippen molar-refractivity contribution in [2.45, 2.75) is 38.1 Å². The van der Waals surface area contributed by atoms with E-state index in [0.29, 0.717) is 23.8 Å². The van der Waals surface area contributed by atoms with E-state index in [1.807, 2.05) is 59.5 Å². The first-order valence-corrected chi connectivity index (χ1v) is 10.9. The molecule has 2 N–H and O–H groups in total. The first-order chi connectivity index (χ1) is 14.5. The molecule has 0 saturated carbocycles. The number of hydrogen-bond donors (Lipinski definition) is 2. The van der Waals surface area contributed by atoms with Gasteiger partial charge in [0.15, 0.2) is 0 Å². The van der Waals surface area contributed by atoms with Gasteiger partial charge < -0.3 is 15.2 Å². The average molecular weight is 424 g/mol. The van der Waals surface area contributed by atoms with E-state index < -0.39 is 0 Å². The number of likely N-dealkylation sites (tertiary alicyclic amines) is 1. The van der Waals surface area contributed by atoms with Crippen LogP contribution < -0.4 is 5.32 Å². The molecule has 3 aromatic rings. The normalized spacial score (nSPS) is 15.9. The predicted octanol–water partition coefficient (Wildman–Crippen LogP) is 4.74. The Labute approximate surface area is 181 Å². The van der Waals surface area contributed by atoms with E-state index >= 15 is 0 Å². The molecule has 2 heterocycles. The molecule has 156 valence electrons. The van der Waals surface area contributed by atoms with Gasteiger partial charge in [0.1, 0.15) is 5.69 Å². The Hall–Kier alpha value is -2.79. The van der Waals surface area contributed by atoms with Crippen LogP contribution in [0, 0.1) is 0 Å². The van der Waals surface area contributed by atoms with Gasteiger partial charge >= 0.3 is 0 Å². The van der Waals surface area contributed by atoms with Crippen LogP contribution in [0.2, 0.25) is 5.02 Å². The highest BCUT2D eigenvalue weighted by Gasteiger charge is 2.29. The van der Waals surface area contributed by atoms with Crippen molar-refractivity contribution < 1.29 is 9.59 Å². The number of nitrogens with zero attached hydrogens (tertiary/aromatic N) is 1. The molecule has 5 nitrogen and oxygen atoms in total. The smallest absolute Gasteiger partial charge is 0.267 e. The summed E-state index contributed by atoms with van der Waals surface area (Å²) < 4.78 is 0. The third-order valence-corrected chi connectivity index (χ3v) is 6.11. The molecule has 1 atom stereocenters. The number of H-pyrrole nitrogens is 1. The fourth-order valence-corrected chi connectivity index (χ4v) is 4.36. The molecule has 1 fully saturated rings. The molecule has 30 heavy (non-hydrogen) atoms. The van der Waals surface area contributed by atoms with E-state index in [1.165, 1.54) is 0 Å². The molecule has 0 spiro atoms. The van der Waals surface area contributed by atoms with Crippen LogP contribution in [-0.2, 0) is 4.79 Å². The van der Waals surface area contributed by atoms with Crippen LogP contribution in [0.25, 0.3) is 10.9 Å². The van der Waals surface area contributed by atoms with Crippen LogP contribution in [0.4, 0.5) is 0 Å². The van der Waals surface area contributed by atoms with Gasteiger partial charge in [-0.3, -0.25) is 9.59 Å². The third kappa shape index (κ3) is 4.36. The number of amides is 2. The van der Waals surface area contributed by atoms with E-state index in [9.17, 15) is 9.59 Å². The Morgan fingerprint density at radius 2 is 1.87 bits per heavy atom. The van der Waals surface area contributed by atoms with Gasteiger partial charge in [-0.05, 0) is 43.0 Å². The van der Waals surface area contributed by atoms with Crippen LogP contribution in [0.1, 0.15) is 48.2 Å². The van der Waals surface area contributed by atoms with Crippen LogP contribution in [0.3, 0.4) is 0 Å². The van der Waals surface area contributed by atoms with Gasteiger partial charge in [0.05, 0.1) is 5.92 Å². The van der Waals surface area contributed by atoms with E-state index in [4.69, 9.17) is 11.6 Å². The minimum Gasteiger partial charge on any atom is -0.350 e. The summed E-state index contributed by atoms with van der Waals surface area (Å²) in [5, 5.41) is 4.69. The highest BCUT2D eigenvalue weighted by molar-refractivity contribution is 6.31. The number of carbonyl (C=O) groups is 2. The van der Waals surface area contributed by atoms with Crippen molar-refractivity contribution >= 4 is 34.3 Å². The van der Waals surface area contributed by atoms with Crippen LogP contribution in [0.5, 0.6) is 0 Å². The predicted molar refractivity (Wildman–Crippen MR) is 120 cm³/mol. The monoisotopic (exact) mass is 423 g/mol. The maximum absolute atomic E-state index is 13.0. The van der Waals surface area contributed by atoms with E-state index in [0.717, 1.165) is 35.7 Å². The first-order valence-electron chi connectivity index (χ1n) is 10.5. The number of benzene rings is 2. The molecule has 1 saturated heterocycles. The lowest BCUT2D eigenvalue weighted by Gasteiger charge is -2.34. The largest absolute Gasteiger partial charge is 0.350 e. The van der Waals surface area contributed by atoms with Crippen molar-refractivity contribution in [2.75, 3.05) is 13.1 Å². The lowest BCUT2D eigenvalue weighted by Crippen LogP contribution is -2.47. The van der Waals surface area contributed by atoms with Gasteiger partial charge in [0.25, 0.3) is 5.91 Å². The average Bonchev–Trinajstić information content (AvgIpc) is 3.19. The highest BCUT2D eigenvalue weighted by Crippen LogP contribution is 2.24. The molecular formula is C24H26ClN3O2. The van der Waals surface area contributed by atoms with Crippen molar-refractivity contribution in [1.29, 1.82) is 0 Å². The second-order valence-corrected chi connectivity index (χ2v) is 8.30. The van der Waals surface area contributed by atoms with Crippen molar-refractivity contribution in [3.8, 4) is 0 Å². The summed E-state index contributed by atoms with van der Waals surface area (Å²) in [5.74, 6) is -0.0423. The molecule has 2 aromatic carbocycles. The van der Waals surface area contributed by atoms with E-state index in [-0.39, 0.29) is 23.8 Å². The number of fused-ring (bicyclic) bond motifs is 1. The number of aromatic nitrogens is 1. The van der Waals surface area contributed by atoms with Crippen LogP contribution in [-0.4, -0.2) is 40.8 Å².